The number of nitrogens with zero attached hydrogens (tertiary/aromatic N) is 3. The van der Waals surface area contributed by atoms with Crippen molar-refractivity contribution in [2.45, 2.75) is 33.6 Å². The van der Waals surface area contributed by atoms with Gasteiger partial charge in [-0.15, -0.1) is 0 Å². The summed E-state index contributed by atoms with van der Waals surface area (Å²) in [5, 5.41) is 14.5. The molecule has 7 heteroatoms. The fraction of sp³-hybridized carbons (Fsp3) is 0.312. The molecule has 0 radical (unpaired) electrons. The molecule has 2 aromatic heterocycles. The van der Waals surface area contributed by atoms with Crippen LogP contribution in [0.4, 0.5) is 0 Å². The highest BCUT2D eigenvalue weighted by Crippen LogP contribution is 2.20. The maximum absolute atomic E-state index is 12.1. The lowest BCUT2D eigenvalue weighted by Crippen LogP contribution is -2.17. The van der Waals surface area contributed by atoms with Crippen molar-refractivity contribution < 1.29 is 0 Å². The molecule has 3 aromatic rings. The molecule has 1 aromatic carbocycles. The zero-order valence-corrected chi connectivity index (χ0v) is 14.0. The highest BCUT2D eigenvalue weighted by Gasteiger charge is 2.13. The average Bonchev–Trinajstić information content (AvgIpc) is 3.03. The number of hydrogen-bond donors (Lipinski definition) is 2. The van der Waals surface area contributed by atoms with Crippen molar-refractivity contribution in [2.75, 3.05) is 0 Å². The zero-order valence-electron chi connectivity index (χ0n) is 13.3. The molecule has 0 aliphatic heterocycles. The van der Waals surface area contributed by atoms with E-state index in [1.54, 1.807) is 10.6 Å². The van der Waals surface area contributed by atoms with E-state index in [4.69, 9.17) is 11.6 Å². The van der Waals surface area contributed by atoms with Gasteiger partial charge in [0.2, 0.25) is 0 Å². The van der Waals surface area contributed by atoms with Gasteiger partial charge in [-0.1, -0.05) is 17.7 Å². The van der Waals surface area contributed by atoms with Crippen molar-refractivity contribution in [3.8, 4) is 5.69 Å². The normalized spacial score (nSPS) is 11.1. The molecule has 2 heterocycles. The van der Waals surface area contributed by atoms with Gasteiger partial charge in [-0.05, 0) is 50.5 Å². The molecule has 0 saturated carbocycles. The highest BCUT2D eigenvalue weighted by atomic mass is 35.5. The lowest BCUT2D eigenvalue weighted by atomic mass is 10.1. The Kier molecular flexibility index (Phi) is 4.09. The zero-order chi connectivity index (χ0) is 16.6. The first kappa shape index (κ1) is 15.6. The lowest BCUT2D eigenvalue weighted by Gasteiger charge is -2.07. The molecule has 0 atom stereocenters. The number of aromatic amines is 2. The van der Waals surface area contributed by atoms with Crippen LogP contribution in [0.25, 0.3) is 5.69 Å². The first-order valence-corrected chi connectivity index (χ1v) is 7.78. The molecule has 0 saturated heterocycles. The van der Waals surface area contributed by atoms with Crippen LogP contribution < -0.4 is 5.69 Å². The topological polar surface area (TPSA) is 79.4 Å². The van der Waals surface area contributed by atoms with E-state index in [0.29, 0.717) is 17.3 Å². The van der Waals surface area contributed by atoms with Crippen LogP contribution in [0.3, 0.4) is 0 Å². The van der Waals surface area contributed by atoms with Gasteiger partial charge in [-0.3, -0.25) is 5.10 Å². The number of rotatable bonds is 4. The Hall–Kier alpha value is -2.34. The van der Waals surface area contributed by atoms with Crippen molar-refractivity contribution in [3.05, 3.63) is 62.0 Å². The summed E-state index contributed by atoms with van der Waals surface area (Å²) >= 11 is 6.18. The predicted octanol–water partition coefficient (Wildman–Crippen LogP) is 2.65. The van der Waals surface area contributed by atoms with Crippen molar-refractivity contribution >= 4 is 11.6 Å². The van der Waals surface area contributed by atoms with Gasteiger partial charge in [0.25, 0.3) is 0 Å². The van der Waals surface area contributed by atoms with Gasteiger partial charge in [0.05, 0.1) is 11.4 Å². The number of halogens is 1. The van der Waals surface area contributed by atoms with Gasteiger partial charge in [0.1, 0.15) is 5.82 Å². The van der Waals surface area contributed by atoms with Crippen LogP contribution in [-0.2, 0) is 12.8 Å². The molecule has 3 rings (SSSR count). The van der Waals surface area contributed by atoms with Crippen LogP contribution in [0.15, 0.2) is 23.0 Å². The van der Waals surface area contributed by atoms with Crippen molar-refractivity contribution in [2.24, 2.45) is 0 Å². The highest BCUT2D eigenvalue weighted by molar-refractivity contribution is 6.31. The molecule has 0 aliphatic rings. The predicted molar refractivity (Wildman–Crippen MR) is 89.4 cm³/mol. The number of benzene rings is 1. The van der Waals surface area contributed by atoms with Crippen LogP contribution in [0.2, 0.25) is 5.02 Å². The largest absolute Gasteiger partial charge is 0.347 e. The summed E-state index contributed by atoms with van der Waals surface area (Å²) in [6.45, 7) is 5.89. The lowest BCUT2D eigenvalue weighted by molar-refractivity contribution is 0.810. The molecule has 0 spiro atoms. The van der Waals surface area contributed by atoms with Crippen LogP contribution in [0.5, 0.6) is 0 Å². The minimum Gasteiger partial charge on any atom is -0.282 e. The second-order valence-corrected chi connectivity index (χ2v) is 6.03. The van der Waals surface area contributed by atoms with E-state index < -0.39 is 0 Å². The molecule has 2 N–H and O–H groups in total. The number of aryl methyl sites for hydroxylation is 4. The van der Waals surface area contributed by atoms with E-state index in [0.717, 1.165) is 34.6 Å². The quantitative estimate of drug-likeness (QED) is 0.771. The molecule has 0 unspecified atom stereocenters. The van der Waals surface area contributed by atoms with E-state index in [9.17, 15) is 4.79 Å². The third kappa shape index (κ3) is 2.94. The number of H-pyrrole nitrogens is 2. The Morgan fingerprint density at radius 1 is 1.13 bits per heavy atom. The van der Waals surface area contributed by atoms with Gasteiger partial charge >= 0.3 is 5.69 Å². The summed E-state index contributed by atoms with van der Waals surface area (Å²) in [6, 6.07) is 5.55. The monoisotopic (exact) mass is 331 g/mol. The standard InChI is InChI=1S/C16H18ClN5O/c1-9-4-5-12(8-14(9)17)22-15(20-21-16(22)23)7-6-13-10(2)18-19-11(13)3/h4-5,8H,6-7H2,1-3H3,(H,18,19)(H,21,23). The average molecular weight is 332 g/mol. The Morgan fingerprint density at radius 3 is 2.57 bits per heavy atom. The van der Waals surface area contributed by atoms with Gasteiger partial charge in [0.15, 0.2) is 0 Å². The van der Waals surface area contributed by atoms with Crippen LogP contribution >= 0.6 is 11.6 Å². The molecule has 6 nitrogen and oxygen atoms in total. The SMILES string of the molecule is Cc1ccc(-n2c(CCc3c(C)n[nH]c3C)n[nH]c2=O)cc1Cl. The second-order valence-electron chi connectivity index (χ2n) is 5.63. The summed E-state index contributed by atoms with van der Waals surface area (Å²) in [7, 11) is 0. The minimum absolute atomic E-state index is 0.263. The number of nitrogens with one attached hydrogen (secondary N) is 2. The van der Waals surface area contributed by atoms with Crippen molar-refractivity contribution in [1.29, 1.82) is 0 Å². The Balaban J connectivity index is 1.93. The smallest absolute Gasteiger partial charge is 0.282 e. The summed E-state index contributed by atoms with van der Waals surface area (Å²) in [5.41, 5.74) is 4.61. The van der Waals surface area contributed by atoms with Gasteiger partial charge < -0.3 is 0 Å². The van der Waals surface area contributed by atoms with Gasteiger partial charge in [0, 0.05) is 17.1 Å². The van der Waals surface area contributed by atoms with E-state index >= 15 is 0 Å². The molecule has 0 aliphatic carbocycles. The molecule has 0 bridgehead atoms. The molecule has 0 fully saturated rings. The van der Waals surface area contributed by atoms with E-state index in [2.05, 4.69) is 20.4 Å². The first-order chi connectivity index (χ1) is 11.0. The summed E-state index contributed by atoms with van der Waals surface area (Å²) in [5.74, 6) is 0.676. The van der Waals surface area contributed by atoms with Crippen LogP contribution in [-0.4, -0.2) is 25.0 Å². The van der Waals surface area contributed by atoms with E-state index in [-0.39, 0.29) is 5.69 Å². The summed E-state index contributed by atoms with van der Waals surface area (Å²) in [6.07, 6.45) is 1.39. The fourth-order valence-electron chi connectivity index (χ4n) is 2.66. The second kappa shape index (κ2) is 6.04. The number of hydrogen-bond acceptors (Lipinski definition) is 3. The van der Waals surface area contributed by atoms with Gasteiger partial charge in [-0.2, -0.15) is 10.2 Å². The first-order valence-electron chi connectivity index (χ1n) is 7.40. The third-order valence-electron chi connectivity index (χ3n) is 4.03. The minimum atomic E-state index is -0.263. The Labute approximate surface area is 138 Å². The summed E-state index contributed by atoms with van der Waals surface area (Å²) < 4.78 is 1.57. The molecular formula is C16H18ClN5O. The molecule has 0 amide bonds. The van der Waals surface area contributed by atoms with Gasteiger partial charge in [-0.25, -0.2) is 14.5 Å². The molecular weight excluding hydrogens is 314 g/mol. The Morgan fingerprint density at radius 2 is 1.91 bits per heavy atom. The third-order valence-corrected chi connectivity index (χ3v) is 4.44. The van der Waals surface area contributed by atoms with Crippen molar-refractivity contribution in [3.63, 3.8) is 0 Å². The van der Waals surface area contributed by atoms with Crippen LogP contribution in [0.1, 0.15) is 28.3 Å². The van der Waals surface area contributed by atoms with E-state index in [1.807, 2.05) is 32.9 Å². The summed E-state index contributed by atoms with van der Waals surface area (Å²) in [4.78, 5) is 12.1. The maximum atomic E-state index is 12.1. The molecule has 120 valence electrons. The maximum Gasteiger partial charge on any atom is 0.347 e. The van der Waals surface area contributed by atoms with Crippen LogP contribution in [0, 0.1) is 20.8 Å². The fourth-order valence-corrected chi connectivity index (χ4v) is 2.84. The number of aromatic nitrogens is 5. The van der Waals surface area contributed by atoms with Crippen molar-refractivity contribution in [1.82, 2.24) is 25.0 Å². The van der Waals surface area contributed by atoms with E-state index in [1.165, 1.54) is 0 Å². The molecule has 23 heavy (non-hydrogen) atoms. The Bertz CT molecular complexity index is 886.